The Morgan fingerprint density at radius 2 is 1.48 bits per heavy atom. The van der Waals surface area contributed by atoms with Crippen molar-refractivity contribution in [3.05, 3.63) is 60.2 Å². The van der Waals surface area contributed by atoms with Gasteiger partial charge in [0, 0.05) is 6.54 Å². The number of nitrogens with zero attached hydrogens (tertiary/aromatic N) is 1. The van der Waals surface area contributed by atoms with E-state index in [1.165, 1.54) is 38.8 Å². The molecule has 0 aliphatic carbocycles. The fraction of sp³-hybridized carbons (Fsp3) is 0.455. The van der Waals surface area contributed by atoms with Gasteiger partial charge in [-0.25, -0.2) is 0 Å². The smallest absolute Gasteiger partial charge is 0.127 e. The standard InChI is InChI=1S/C22H29NO2/c1-22(24,15-18-23-16-7-2-3-8-17-23)19-11-13-21(14-12-19)25-20-9-5-4-6-10-20/h4-6,9-14,24H,2-3,7-8,15-18H2,1H3. The molecule has 0 bridgehead atoms. The highest BCUT2D eigenvalue weighted by Gasteiger charge is 2.24. The molecule has 0 amide bonds. The summed E-state index contributed by atoms with van der Waals surface area (Å²) in [4.78, 5) is 2.49. The van der Waals surface area contributed by atoms with Crippen molar-refractivity contribution in [2.75, 3.05) is 19.6 Å². The van der Waals surface area contributed by atoms with Gasteiger partial charge < -0.3 is 14.7 Å². The third-order valence-corrected chi connectivity index (χ3v) is 5.07. The molecule has 3 heteroatoms. The number of benzene rings is 2. The van der Waals surface area contributed by atoms with E-state index in [2.05, 4.69) is 4.90 Å². The summed E-state index contributed by atoms with van der Waals surface area (Å²) in [7, 11) is 0. The molecule has 2 aromatic rings. The first-order valence-electron chi connectivity index (χ1n) is 9.42. The SMILES string of the molecule is CC(O)(CCN1CCCCCC1)c1ccc(Oc2ccccc2)cc1. The largest absolute Gasteiger partial charge is 0.457 e. The third kappa shape index (κ3) is 5.32. The maximum atomic E-state index is 10.9. The summed E-state index contributed by atoms with van der Waals surface area (Å²) < 4.78 is 5.83. The molecule has 0 spiro atoms. The van der Waals surface area contributed by atoms with Crippen LogP contribution >= 0.6 is 0 Å². The highest BCUT2D eigenvalue weighted by atomic mass is 16.5. The molecule has 1 fully saturated rings. The maximum Gasteiger partial charge on any atom is 0.127 e. The molecular formula is C22H29NO2. The summed E-state index contributed by atoms with van der Waals surface area (Å²) >= 11 is 0. The van der Waals surface area contributed by atoms with Crippen LogP contribution in [0.25, 0.3) is 0 Å². The second kappa shape index (κ2) is 8.50. The summed E-state index contributed by atoms with van der Waals surface area (Å²) in [6.07, 6.45) is 6.01. The van der Waals surface area contributed by atoms with Gasteiger partial charge in [-0.15, -0.1) is 0 Å². The van der Waals surface area contributed by atoms with Crippen LogP contribution in [0.1, 0.15) is 44.6 Å². The van der Waals surface area contributed by atoms with E-state index in [1.807, 2.05) is 61.5 Å². The van der Waals surface area contributed by atoms with Gasteiger partial charge in [0.25, 0.3) is 0 Å². The van der Waals surface area contributed by atoms with Gasteiger partial charge >= 0.3 is 0 Å². The highest BCUT2D eigenvalue weighted by Crippen LogP contribution is 2.28. The number of ether oxygens (including phenoxy) is 1. The van der Waals surface area contributed by atoms with E-state index in [4.69, 9.17) is 4.74 Å². The van der Waals surface area contributed by atoms with Crippen LogP contribution in [0.15, 0.2) is 54.6 Å². The number of likely N-dealkylation sites (tertiary alicyclic amines) is 1. The molecule has 3 rings (SSSR count). The van der Waals surface area contributed by atoms with Gasteiger partial charge in [-0.1, -0.05) is 43.2 Å². The van der Waals surface area contributed by atoms with Crippen LogP contribution in [0.2, 0.25) is 0 Å². The Balaban J connectivity index is 1.57. The lowest BCUT2D eigenvalue weighted by molar-refractivity contribution is 0.0362. The van der Waals surface area contributed by atoms with Gasteiger partial charge in [0.1, 0.15) is 11.5 Å². The first kappa shape index (κ1) is 18.0. The number of rotatable bonds is 6. The summed E-state index contributed by atoms with van der Waals surface area (Å²) in [6.45, 7) is 5.20. The summed E-state index contributed by atoms with van der Waals surface area (Å²) in [5.74, 6) is 1.61. The van der Waals surface area contributed by atoms with Crippen molar-refractivity contribution in [1.82, 2.24) is 4.90 Å². The van der Waals surface area contributed by atoms with Gasteiger partial charge in [-0.3, -0.25) is 0 Å². The zero-order valence-electron chi connectivity index (χ0n) is 15.2. The van der Waals surface area contributed by atoms with Crippen LogP contribution < -0.4 is 4.74 Å². The van der Waals surface area contributed by atoms with Gasteiger partial charge in [-0.2, -0.15) is 0 Å². The van der Waals surface area contributed by atoms with Gasteiger partial charge in [0.2, 0.25) is 0 Å². The van der Waals surface area contributed by atoms with Gasteiger partial charge in [-0.05, 0) is 69.1 Å². The lowest BCUT2D eigenvalue weighted by Crippen LogP contribution is -2.32. The monoisotopic (exact) mass is 339 g/mol. The summed E-state index contributed by atoms with van der Waals surface area (Å²) in [5, 5.41) is 10.9. The van der Waals surface area contributed by atoms with Crippen LogP contribution in [0.5, 0.6) is 11.5 Å². The molecule has 1 heterocycles. The van der Waals surface area contributed by atoms with E-state index in [0.29, 0.717) is 0 Å². The molecule has 1 atom stereocenters. The minimum Gasteiger partial charge on any atom is -0.457 e. The molecule has 25 heavy (non-hydrogen) atoms. The minimum atomic E-state index is -0.808. The molecule has 1 aliphatic rings. The van der Waals surface area contributed by atoms with Crippen LogP contribution in [0.3, 0.4) is 0 Å². The Bertz CT molecular complexity index is 629. The predicted octanol–water partition coefficient (Wildman–Crippen LogP) is 4.95. The normalized spacial score (nSPS) is 18.3. The van der Waals surface area contributed by atoms with Crippen LogP contribution in [-0.2, 0) is 5.60 Å². The topological polar surface area (TPSA) is 32.7 Å². The number of aliphatic hydroxyl groups is 1. The first-order valence-corrected chi connectivity index (χ1v) is 9.42. The van der Waals surface area contributed by atoms with E-state index in [-0.39, 0.29) is 0 Å². The fourth-order valence-corrected chi connectivity index (χ4v) is 3.39. The molecule has 0 aromatic heterocycles. The van der Waals surface area contributed by atoms with Crippen LogP contribution in [0.4, 0.5) is 0 Å². The van der Waals surface area contributed by atoms with E-state index >= 15 is 0 Å². The molecule has 0 saturated carbocycles. The third-order valence-electron chi connectivity index (χ3n) is 5.07. The molecular weight excluding hydrogens is 310 g/mol. The van der Waals surface area contributed by atoms with Crippen molar-refractivity contribution >= 4 is 0 Å². The lowest BCUT2D eigenvalue weighted by atomic mass is 9.92. The van der Waals surface area contributed by atoms with Crippen molar-refractivity contribution in [3.8, 4) is 11.5 Å². The average Bonchev–Trinajstić information content (AvgIpc) is 2.90. The van der Waals surface area contributed by atoms with E-state index < -0.39 is 5.60 Å². The predicted molar refractivity (Wildman–Crippen MR) is 102 cm³/mol. The quantitative estimate of drug-likeness (QED) is 0.808. The zero-order chi connectivity index (χ0) is 17.5. The molecule has 134 valence electrons. The molecule has 1 unspecified atom stereocenters. The Morgan fingerprint density at radius 3 is 2.12 bits per heavy atom. The second-order valence-corrected chi connectivity index (χ2v) is 7.22. The van der Waals surface area contributed by atoms with Crippen molar-refractivity contribution in [2.45, 2.75) is 44.6 Å². The number of hydrogen-bond donors (Lipinski definition) is 1. The molecule has 1 aliphatic heterocycles. The fourth-order valence-electron chi connectivity index (χ4n) is 3.39. The molecule has 0 radical (unpaired) electrons. The maximum absolute atomic E-state index is 10.9. The van der Waals surface area contributed by atoms with Crippen molar-refractivity contribution in [3.63, 3.8) is 0 Å². The highest BCUT2D eigenvalue weighted by molar-refractivity contribution is 5.34. The van der Waals surface area contributed by atoms with E-state index in [9.17, 15) is 5.11 Å². The van der Waals surface area contributed by atoms with Crippen molar-refractivity contribution in [1.29, 1.82) is 0 Å². The lowest BCUT2D eigenvalue weighted by Gasteiger charge is -2.28. The molecule has 3 nitrogen and oxygen atoms in total. The first-order chi connectivity index (χ1) is 12.1. The number of hydrogen-bond acceptors (Lipinski definition) is 3. The van der Waals surface area contributed by atoms with Crippen LogP contribution in [-0.4, -0.2) is 29.6 Å². The molecule has 2 aromatic carbocycles. The zero-order valence-corrected chi connectivity index (χ0v) is 15.2. The Labute approximate surface area is 151 Å². The van der Waals surface area contributed by atoms with Crippen molar-refractivity contribution in [2.24, 2.45) is 0 Å². The van der Waals surface area contributed by atoms with E-state index in [1.54, 1.807) is 0 Å². The number of para-hydroxylation sites is 1. The van der Waals surface area contributed by atoms with Gasteiger partial charge in [0.15, 0.2) is 0 Å². The second-order valence-electron chi connectivity index (χ2n) is 7.22. The minimum absolute atomic E-state index is 0.756. The van der Waals surface area contributed by atoms with Crippen LogP contribution in [0, 0.1) is 0 Å². The van der Waals surface area contributed by atoms with E-state index in [0.717, 1.165) is 30.0 Å². The Hall–Kier alpha value is -1.84. The Morgan fingerprint density at radius 1 is 0.880 bits per heavy atom. The molecule has 1 saturated heterocycles. The Kier molecular flexibility index (Phi) is 6.11. The average molecular weight is 339 g/mol. The summed E-state index contributed by atoms with van der Waals surface area (Å²) in [6, 6.07) is 17.6. The molecule has 1 N–H and O–H groups in total. The van der Waals surface area contributed by atoms with Gasteiger partial charge in [0.05, 0.1) is 5.60 Å². The summed E-state index contributed by atoms with van der Waals surface area (Å²) in [5.41, 5.74) is 0.139. The van der Waals surface area contributed by atoms with Crippen molar-refractivity contribution < 1.29 is 9.84 Å².